The highest BCUT2D eigenvalue weighted by Gasteiger charge is 2.39. The second-order valence-electron chi connectivity index (χ2n) is 12.9. The van der Waals surface area contributed by atoms with Crippen molar-refractivity contribution in [2.75, 3.05) is 13.2 Å². The normalized spacial score (nSPS) is 22.4. The molecule has 1 saturated carbocycles. The molecule has 0 aromatic carbocycles. The van der Waals surface area contributed by atoms with E-state index in [1.165, 1.54) is 32.1 Å². The van der Waals surface area contributed by atoms with E-state index in [2.05, 4.69) is 20.8 Å². The van der Waals surface area contributed by atoms with Crippen molar-refractivity contribution in [1.82, 2.24) is 0 Å². The molecular weight excluding hydrogens is 560 g/mol. The highest BCUT2D eigenvalue weighted by atomic mass is 16.6. The van der Waals surface area contributed by atoms with Gasteiger partial charge in [-0.05, 0) is 43.9 Å². The van der Waals surface area contributed by atoms with Gasteiger partial charge >= 0.3 is 11.9 Å². The van der Waals surface area contributed by atoms with Crippen LogP contribution in [0.3, 0.4) is 0 Å². The van der Waals surface area contributed by atoms with Crippen molar-refractivity contribution in [2.45, 2.75) is 161 Å². The Morgan fingerprint density at radius 1 is 0.795 bits per heavy atom. The van der Waals surface area contributed by atoms with Gasteiger partial charge in [-0.25, -0.2) is 0 Å². The van der Waals surface area contributed by atoms with E-state index in [0.717, 1.165) is 44.4 Å². The van der Waals surface area contributed by atoms with Gasteiger partial charge in [0.25, 0.3) is 0 Å². The third-order valence-electron chi connectivity index (χ3n) is 8.80. The highest BCUT2D eigenvalue weighted by Crippen LogP contribution is 2.36. The summed E-state index contributed by atoms with van der Waals surface area (Å²) >= 11 is 0. The van der Waals surface area contributed by atoms with Crippen LogP contribution in [0.2, 0.25) is 0 Å². The predicted molar refractivity (Wildman–Crippen MR) is 175 cm³/mol. The monoisotopic (exact) mass is 624 g/mol. The van der Waals surface area contributed by atoms with Crippen molar-refractivity contribution in [3.05, 3.63) is 24.3 Å². The molecule has 1 unspecified atom stereocenters. The van der Waals surface area contributed by atoms with Crippen LogP contribution >= 0.6 is 0 Å². The summed E-state index contributed by atoms with van der Waals surface area (Å²) in [6.45, 7) is 6.27. The topological polar surface area (TPSA) is 134 Å². The van der Waals surface area contributed by atoms with E-state index in [-0.39, 0.29) is 37.4 Å². The number of esters is 2. The van der Waals surface area contributed by atoms with Crippen molar-refractivity contribution in [3.63, 3.8) is 0 Å². The van der Waals surface area contributed by atoms with Gasteiger partial charge in [-0.2, -0.15) is 0 Å². The molecule has 0 bridgehead atoms. The minimum absolute atomic E-state index is 0.116. The van der Waals surface area contributed by atoms with Crippen LogP contribution in [0.15, 0.2) is 24.3 Å². The number of carbonyl (C=O) groups is 2. The molecule has 0 radical (unpaired) electrons. The molecule has 256 valence electrons. The maximum atomic E-state index is 12.0. The molecule has 0 aromatic rings. The number of aliphatic hydroxyl groups is 4. The van der Waals surface area contributed by atoms with Crippen molar-refractivity contribution < 1.29 is 39.5 Å². The van der Waals surface area contributed by atoms with E-state index in [1.54, 1.807) is 6.08 Å². The minimum atomic E-state index is -1.04. The van der Waals surface area contributed by atoms with E-state index >= 15 is 0 Å². The molecule has 0 spiro atoms. The second kappa shape index (κ2) is 25.5. The number of allylic oxidation sites excluding steroid dienone is 2. The molecule has 1 rings (SSSR count). The summed E-state index contributed by atoms with van der Waals surface area (Å²) in [6.07, 6.45) is 20.5. The van der Waals surface area contributed by atoms with Crippen molar-refractivity contribution in [3.8, 4) is 0 Å². The second-order valence-corrected chi connectivity index (χ2v) is 12.9. The number of hydrogen-bond donors (Lipinski definition) is 4. The zero-order valence-corrected chi connectivity index (χ0v) is 27.9. The van der Waals surface area contributed by atoms with Crippen LogP contribution in [0.1, 0.15) is 136 Å². The highest BCUT2D eigenvalue weighted by molar-refractivity contribution is 5.69. The first kappa shape index (κ1) is 40.3. The molecule has 8 nitrogen and oxygen atoms in total. The van der Waals surface area contributed by atoms with Gasteiger partial charge in [0.05, 0.1) is 18.3 Å². The standard InChI is InChI=1S/C36H64O8/c1-4-6-13-19-29(37)23-24-32-31(33(39)25-34(32)40)20-15-11-12-17-22-36(42)44-27-30(38)26-43-35(41)21-16-10-8-7-9-14-18-28(3)5-2/h11,15,23-24,28-34,37-40H,4-10,12-14,16-22,25-27H2,1-3H3/b15-11+,24-23+/t28?,29-,30+,31+,32+,33-,34+/m0/s1. The van der Waals surface area contributed by atoms with Gasteiger partial charge in [-0.3, -0.25) is 9.59 Å². The average molecular weight is 625 g/mol. The quantitative estimate of drug-likeness (QED) is 0.0482. The Morgan fingerprint density at radius 2 is 1.41 bits per heavy atom. The van der Waals surface area contributed by atoms with Gasteiger partial charge in [0.15, 0.2) is 0 Å². The number of aliphatic hydroxyl groups excluding tert-OH is 4. The minimum Gasteiger partial charge on any atom is -0.463 e. The van der Waals surface area contributed by atoms with Crippen LogP contribution in [-0.4, -0.2) is 70.0 Å². The number of rotatable bonds is 26. The fourth-order valence-corrected chi connectivity index (χ4v) is 5.64. The molecule has 0 aliphatic heterocycles. The van der Waals surface area contributed by atoms with Crippen LogP contribution in [0.4, 0.5) is 0 Å². The van der Waals surface area contributed by atoms with Crippen molar-refractivity contribution >= 4 is 11.9 Å². The zero-order chi connectivity index (χ0) is 32.6. The van der Waals surface area contributed by atoms with Gasteiger partial charge in [-0.15, -0.1) is 0 Å². The molecule has 0 heterocycles. The molecule has 1 aliphatic carbocycles. The summed E-state index contributed by atoms with van der Waals surface area (Å²) in [5, 5.41) is 41.0. The fraction of sp³-hybridized carbons (Fsp3) is 0.833. The zero-order valence-electron chi connectivity index (χ0n) is 27.9. The van der Waals surface area contributed by atoms with E-state index in [1.807, 2.05) is 18.2 Å². The Kier molecular flexibility index (Phi) is 23.3. The molecule has 44 heavy (non-hydrogen) atoms. The Balaban J connectivity index is 2.13. The molecule has 0 aromatic heterocycles. The lowest BCUT2D eigenvalue weighted by Gasteiger charge is -2.19. The SMILES string of the molecule is CCCCC[C@H](O)/C=C/[C@@H]1[C@@H](C/C=C/CCCC(=O)OC[C@H](O)COC(=O)CCCCCCCCC(C)CC)[C@@H](O)C[C@H]1O. The third kappa shape index (κ3) is 19.6. The van der Waals surface area contributed by atoms with Crippen molar-refractivity contribution in [2.24, 2.45) is 17.8 Å². The van der Waals surface area contributed by atoms with Crippen LogP contribution in [-0.2, 0) is 19.1 Å². The van der Waals surface area contributed by atoms with E-state index in [0.29, 0.717) is 38.5 Å². The first-order chi connectivity index (χ1) is 21.2. The Bertz CT molecular complexity index is 797. The molecule has 8 heteroatoms. The molecule has 1 fully saturated rings. The fourth-order valence-electron chi connectivity index (χ4n) is 5.64. The summed E-state index contributed by atoms with van der Waals surface area (Å²) in [6, 6.07) is 0. The Hall–Kier alpha value is -1.74. The van der Waals surface area contributed by atoms with Gasteiger partial charge in [0, 0.05) is 25.2 Å². The third-order valence-corrected chi connectivity index (χ3v) is 8.80. The smallest absolute Gasteiger partial charge is 0.305 e. The van der Waals surface area contributed by atoms with Crippen LogP contribution in [0.5, 0.6) is 0 Å². The molecule has 1 aliphatic rings. The molecular formula is C36H64O8. The average Bonchev–Trinajstić information content (AvgIpc) is 3.27. The first-order valence-corrected chi connectivity index (χ1v) is 17.5. The van der Waals surface area contributed by atoms with Gasteiger partial charge in [0.2, 0.25) is 0 Å². The van der Waals surface area contributed by atoms with Crippen LogP contribution < -0.4 is 0 Å². The molecule has 0 amide bonds. The number of ether oxygens (including phenoxy) is 2. The summed E-state index contributed by atoms with van der Waals surface area (Å²) in [5.74, 6) is -0.252. The van der Waals surface area contributed by atoms with Crippen LogP contribution in [0.25, 0.3) is 0 Å². The maximum absolute atomic E-state index is 12.0. The number of unbranched alkanes of at least 4 members (excludes halogenated alkanes) is 8. The summed E-state index contributed by atoms with van der Waals surface area (Å²) < 4.78 is 10.2. The Labute approximate surface area is 267 Å². The summed E-state index contributed by atoms with van der Waals surface area (Å²) in [5.41, 5.74) is 0. The van der Waals surface area contributed by atoms with Crippen LogP contribution in [0, 0.1) is 17.8 Å². The lowest BCUT2D eigenvalue weighted by atomic mass is 9.89. The largest absolute Gasteiger partial charge is 0.463 e. The van der Waals surface area contributed by atoms with E-state index in [4.69, 9.17) is 9.47 Å². The van der Waals surface area contributed by atoms with Gasteiger partial charge in [-0.1, -0.05) is 109 Å². The molecule has 4 N–H and O–H groups in total. The predicted octanol–water partition coefficient (Wildman–Crippen LogP) is 6.57. The number of carbonyl (C=O) groups excluding carboxylic acids is 2. The summed E-state index contributed by atoms with van der Waals surface area (Å²) in [4.78, 5) is 23.9. The lowest BCUT2D eigenvalue weighted by molar-refractivity contribution is -0.152. The maximum Gasteiger partial charge on any atom is 0.305 e. The lowest BCUT2D eigenvalue weighted by Crippen LogP contribution is -2.25. The first-order valence-electron chi connectivity index (χ1n) is 17.5. The molecule has 0 saturated heterocycles. The van der Waals surface area contributed by atoms with Gasteiger partial charge in [0.1, 0.15) is 19.3 Å². The van der Waals surface area contributed by atoms with Crippen molar-refractivity contribution in [1.29, 1.82) is 0 Å². The van der Waals surface area contributed by atoms with E-state index < -0.39 is 30.4 Å². The summed E-state index contributed by atoms with van der Waals surface area (Å²) in [7, 11) is 0. The number of hydrogen-bond acceptors (Lipinski definition) is 8. The Morgan fingerprint density at radius 3 is 2.07 bits per heavy atom. The van der Waals surface area contributed by atoms with Gasteiger partial charge < -0.3 is 29.9 Å². The molecule has 7 atom stereocenters. The van der Waals surface area contributed by atoms with E-state index in [9.17, 15) is 30.0 Å².